The van der Waals surface area contributed by atoms with Crippen LogP contribution in [-0.2, 0) is 4.79 Å². The lowest BCUT2D eigenvalue weighted by Crippen LogP contribution is -1.65. The normalized spacial score (nSPS) is 6.50. The second kappa shape index (κ2) is 4.58. The molecule has 0 bridgehead atoms. The highest BCUT2D eigenvalue weighted by Crippen LogP contribution is 1.86. The van der Waals surface area contributed by atoms with Gasteiger partial charge in [-0.2, -0.15) is 0 Å². The molecular formula is C4H3OS. The molecule has 0 atom stereocenters. The SMILES string of the molecule is C#CCS[C]=O. The van der Waals surface area contributed by atoms with E-state index in [0.29, 0.717) is 5.75 Å². The van der Waals surface area contributed by atoms with Crippen LogP contribution in [0.5, 0.6) is 0 Å². The van der Waals surface area contributed by atoms with Gasteiger partial charge in [0.25, 0.3) is 5.62 Å². The van der Waals surface area contributed by atoms with Gasteiger partial charge in [-0.1, -0.05) is 17.7 Å². The molecule has 0 aromatic rings. The van der Waals surface area contributed by atoms with Gasteiger partial charge >= 0.3 is 0 Å². The van der Waals surface area contributed by atoms with Gasteiger partial charge in [0.15, 0.2) is 0 Å². The van der Waals surface area contributed by atoms with E-state index in [1.807, 2.05) is 0 Å². The van der Waals surface area contributed by atoms with Crippen molar-refractivity contribution in [3.05, 3.63) is 0 Å². The number of thioether (sulfide) groups is 1. The van der Waals surface area contributed by atoms with E-state index in [0.717, 1.165) is 11.8 Å². The molecule has 0 fully saturated rings. The first kappa shape index (κ1) is 5.58. The van der Waals surface area contributed by atoms with Crippen LogP contribution in [0.3, 0.4) is 0 Å². The van der Waals surface area contributed by atoms with Gasteiger partial charge < -0.3 is 0 Å². The van der Waals surface area contributed by atoms with Crippen LogP contribution in [0.1, 0.15) is 0 Å². The number of terminal acetylenes is 1. The third-order valence-corrected chi connectivity index (χ3v) is 0.643. The molecule has 0 aliphatic heterocycles. The zero-order valence-electron chi connectivity index (χ0n) is 3.10. The molecule has 0 saturated heterocycles. The molecule has 0 N–H and O–H groups in total. The molecule has 0 aliphatic carbocycles. The van der Waals surface area contributed by atoms with Crippen molar-refractivity contribution >= 4 is 17.4 Å². The van der Waals surface area contributed by atoms with E-state index < -0.39 is 0 Å². The number of hydrogen-bond acceptors (Lipinski definition) is 2. The number of rotatable bonds is 2. The Morgan fingerprint density at radius 2 is 2.50 bits per heavy atom. The zero-order chi connectivity index (χ0) is 4.83. The molecule has 1 nitrogen and oxygen atoms in total. The van der Waals surface area contributed by atoms with Gasteiger partial charge in [-0.25, -0.2) is 0 Å². The first-order valence-electron chi connectivity index (χ1n) is 1.34. The molecule has 31 valence electrons. The molecule has 0 rings (SSSR count). The molecule has 6 heavy (non-hydrogen) atoms. The molecule has 0 saturated carbocycles. The Morgan fingerprint density at radius 1 is 1.83 bits per heavy atom. The summed E-state index contributed by atoms with van der Waals surface area (Å²) in [6, 6.07) is 0. The van der Waals surface area contributed by atoms with Crippen molar-refractivity contribution < 1.29 is 4.79 Å². The van der Waals surface area contributed by atoms with Gasteiger partial charge in [-0.3, -0.25) is 4.79 Å². The van der Waals surface area contributed by atoms with Crippen LogP contribution < -0.4 is 0 Å². The van der Waals surface area contributed by atoms with Crippen LogP contribution in [0.2, 0.25) is 0 Å². The summed E-state index contributed by atoms with van der Waals surface area (Å²) in [5.41, 5.74) is 1.59. The van der Waals surface area contributed by atoms with Crippen molar-refractivity contribution in [3.63, 3.8) is 0 Å². The molecule has 0 heterocycles. The number of carbonyl (C=O) groups excluding carboxylic acids is 1. The van der Waals surface area contributed by atoms with Crippen LogP contribution >= 0.6 is 11.8 Å². The summed E-state index contributed by atoms with van der Waals surface area (Å²) in [5, 5.41) is 0. The molecule has 0 amide bonds. The Morgan fingerprint density at radius 3 is 2.67 bits per heavy atom. The van der Waals surface area contributed by atoms with Crippen molar-refractivity contribution in [1.82, 2.24) is 0 Å². The van der Waals surface area contributed by atoms with E-state index in [9.17, 15) is 4.79 Å². The quantitative estimate of drug-likeness (QED) is 0.368. The summed E-state index contributed by atoms with van der Waals surface area (Å²) < 4.78 is 0. The first-order valence-corrected chi connectivity index (χ1v) is 2.32. The monoisotopic (exact) mass is 99.0 g/mol. The molecular weight excluding hydrogens is 96.1 g/mol. The fourth-order valence-corrected chi connectivity index (χ4v) is 0.213. The molecule has 2 heteroatoms. The van der Waals surface area contributed by atoms with Crippen LogP contribution in [0.4, 0.5) is 0 Å². The maximum Gasteiger partial charge on any atom is 0.267 e. The van der Waals surface area contributed by atoms with E-state index in [4.69, 9.17) is 6.42 Å². The predicted octanol–water partition coefficient (Wildman–Crippen LogP) is 0.420. The van der Waals surface area contributed by atoms with E-state index in [-0.39, 0.29) is 0 Å². The Balaban J connectivity index is 2.72. The van der Waals surface area contributed by atoms with Gasteiger partial charge in [0.1, 0.15) is 0 Å². The average Bonchev–Trinajstić information content (AvgIpc) is 1.61. The van der Waals surface area contributed by atoms with Gasteiger partial charge in [0, 0.05) is 0 Å². The fourth-order valence-electron chi connectivity index (χ4n) is 0.0711. The highest BCUT2D eigenvalue weighted by molar-refractivity contribution is 8.12. The van der Waals surface area contributed by atoms with Crippen LogP contribution in [0, 0.1) is 12.3 Å². The summed E-state index contributed by atoms with van der Waals surface area (Å²) in [7, 11) is 0. The van der Waals surface area contributed by atoms with E-state index in [1.165, 1.54) is 0 Å². The topological polar surface area (TPSA) is 17.1 Å². The summed E-state index contributed by atoms with van der Waals surface area (Å²) in [4.78, 5) is 9.31. The van der Waals surface area contributed by atoms with Crippen molar-refractivity contribution in [2.75, 3.05) is 5.75 Å². The Hall–Kier alpha value is -0.420. The minimum atomic E-state index is 0.434. The average molecular weight is 99.1 g/mol. The van der Waals surface area contributed by atoms with Crippen molar-refractivity contribution in [2.24, 2.45) is 0 Å². The largest absolute Gasteiger partial charge is 0.277 e. The highest BCUT2D eigenvalue weighted by Gasteiger charge is 1.72. The standard InChI is InChI=1S/C4H3OS/c1-2-3-6-4-5/h1H,3H2. The minimum Gasteiger partial charge on any atom is -0.277 e. The molecule has 0 aliphatic rings. The van der Waals surface area contributed by atoms with Crippen molar-refractivity contribution in [1.29, 1.82) is 0 Å². The fraction of sp³-hybridized carbons (Fsp3) is 0.250. The van der Waals surface area contributed by atoms with Gasteiger partial charge in [-0.05, 0) is 0 Å². The molecule has 0 spiro atoms. The maximum absolute atomic E-state index is 9.31. The second-order valence-electron chi connectivity index (χ2n) is 0.576. The lowest BCUT2D eigenvalue weighted by atomic mass is 10.8. The molecule has 0 aromatic carbocycles. The van der Waals surface area contributed by atoms with Crippen LogP contribution in [0.15, 0.2) is 0 Å². The van der Waals surface area contributed by atoms with Gasteiger partial charge in [-0.15, -0.1) is 6.42 Å². The Kier molecular flexibility index (Phi) is 4.26. The third kappa shape index (κ3) is 3.58. The summed E-state index contributed by atoms with van der Waals surface area (Å²) in [6.45, 7) is 0. The maximum atomic E-state index is 9.31. The van der Waals surface area contributed by atoms with E-state index in [2.05, 4.69) is 5.92 Å². The summed E-state index contributed by atoms with van der Waals surface area (Å²) in [6.07, 6.45) is 4.76. The predicted molar refractivity (Wildman–Crippen MR) is 27.0 cm³/mol. The summed E-state index contributed by atoms with van der Waals surface area (Å²) in [5.74, 6) is 2.70. The van der Waals surface area contributed by atoms with E-state index >= 15 is 0 Å². The van der Waals surface area contributed by atoms with Gasteiger partial charge in [0.05, 0.1) is 5.75 Å². The molecule has 0 aromatic heterocycles. The lowest BCUT2D eigenvalue weighted by molar-refractivity contribution is 0.570. The van der Waals surface area contributed by atoms with Gasteiger partial charge in [0.2, 0.25) is 0 Å². The zero-order valence-corrected chi connectivity index (χ0v) is 3.92. The second-order valence-corrected chi connectivity index (χ2v) is 1.32. The van der Waals surface area contributed by atoms with Crippen molar-refractivity contribution in [3.8, 4) is 12.3 Å². The smallest absolute Gasteiger partial charge is 0.267 e. The highest BCUT2D eigenvalue weighted by atomic mass is 32.2. The van der Waals surface area contributed by atoms with Crippen LogP contribution in [-0.4, -0.2) is 11.4 Å². The Bertz CT molecular complexity index is 72.1. The van der Waals surface area contributed by atoms with Crippen molar-refractivity contribution in [2.45, 2.75) is 0 Å². The third-order valence-electron chi connectivity index (χ3n) is 0.214. The summed E-state index contributed by atoms with van der Waals surface area (Å²) >= 11 is 0.966. The molecule has 1 radical (unpaired) electrons. The van der Waals surface area contributed by atoms with E-state index in [1.54, 1.807) is 5.62 Å². The molecule has 0 unspecified atom stereocenters. The number of hydrogen-bond donors (Lipinski definition) is 0. The first-order chi connectivity index (χ1) is 2.91. The lowest BCUT2D eigenvalue weighted by Gasteiger charge is -1.68. The minimum absolute atomic E-state index is 0.434. The Labute approximate surface area is 41.1 Å². The van der Waals surface area contributed by atoms with Crippen LogP contribution in [0.25, 0.3) is 0 Å².